The number of aliphatic hydroxyl groups excluding tert-OH is 1. The minimum absolute atomic E-state index is 0.409. The lowest BCUT2D eigenvalue weighted by molar-refractivity contribution is 0.0611. The Balaban J connectivity index is 1.76. The highest BCUT2D eigenvalue weighted by molar-refractivity contribution is 9.10. The predicted molar refractivity (Wildman–Crippen MR) is 83.9 cm³/mol. The van der Waals surface area contributed by atoms with Gasteiger partial charge in [0.25, 0.3) is 0 Å². The van der Waals surface area contributed by atoms with Crippen LogP contribution in [0.4, 0.5) is 0 Å². The molecule has 1 heterocycles. The average molecular weight is 343 g/mol. The van der Waals surface area contributed by atoms with Crippen LogP contribution in [0.3, 0.4) is 0 Å². The summed E-state index contributed by atoms with van der Waals surface area (Å²) in [6.45, 7) is 6.63. The van der Waals surface area contributed by atoms with Gasteiger partial charge >= 0.3 is 0 Å². The van der Waals surface area contributed by atoms with Crippen LogP contribution in [0, 0.1) is 0 Å². The lowest BCUT2D eigenvalue weighted by atomic mass is 10.1. The maximum Gasteiger partial charge on any atom is 0.0916 e. The molecule has 0 aromatic heterocycles. The van der Waals surface area contributed by atoms with Crippen molar-refractivity contribution in [1.82, 2.24) is 9.80 Å². The number of β-amino-alcohol motifs (C(OH)–C–C–N with tert-alkyl or cyclic N) is 1. The lowest BCUT2D eigenvalue weighted by Crippen LogP contribution is -2.48. The van der Waals surface area contributed by atoms with Crippen LogP contribution in [0.5, 0.6) is 0 Å². The van der Waals surface area contributed by atoms with Crippen molar-refractivity contribution in [3.8, 4) is 0 Å². The largest absolute Gasteiger partial charge is 0.387 e. The summed E-state index contributed by atoms with van der Waals surface area (Å²) in [7, 11) is 1.74. The van der Waals surface area contributed by atoms with Crippen molar-refractivity contribution in [2.45, 2.75) is 6.10 Å². The van der Waals surface area contributed by atoms with E-state index < -0.39 is 6.10 Å². The van der Waals surface area contributed by atoms with Crippen LogP contribution in [0.15, 0.2) is 28.7 Å². The minimum atomic E-state index is -0.409. The highest BCUT2D eigenvalue weighted by Crippen LogP contribution is 2.18. The highest BCUT2D eigenvalue weighted by Gasteiger charge is 2.19. The maximum absolute atomic E-state index is 10.3. The zero-order valence-electron chi connectivity index (χ0n) is 12.0. The van der Waals surface area contributed by atoms with Gasteiger partial charge in [-0.15, -0.1) is 0 Å². The molecule has 1 aromatic carbocycles. The van der Waals surface area contributed by atoms with Crippen molar-refractivity contribution >= 4 is 15.9 Å². The van der Waals surface area contributed by atoms with Crippen molar-refractivity contribution < 1.29 is 9.84 Å². The first-order chi connectivity index (χ1) is 9.69. The zero-order valence-corrected chi connectivity index (χ0v) is 13.6. The van der Waals surface area contributed by atoms with Crippen molar-refractivity contribution in [3.05, 3.63) is 34.3 Å². The lowest BCUT2D eigenvalue weighted by Gasteiger charge is -2.35. The highest BCUT2D eigenvalue weighted by atomic mass is 79.9. The van der Waals surface area contributed by atoms with Crippen LogP contribution < -0.4 is 0 Å². The Labute approximate surface area is 129 Å². The Hall–Kier alpha value is -0.460. The van der Waals surface area contributed by atoms with E-state index in [4.69, 9.17) is 4.74 Å². The molecule has 0 spiro atoms. The predicted octanol–water partition coefficient (Wildman–Crippen LogP) is 1.75. The number of methoxy groups -OCH3 is 1. The van der Waals surface area contributed by atoms with Gasteiger partial charge in [-0.1, -0.05) is 28.1 Å². The summed E-state index contributed by atoms with van der Waals surface area (Å²) in [5.41, 5.74) is 0.981. The molecule has 1 aliphatic rings. The molecular formula is C15H23BrN2O2. The van der Waals surface area contributed by atoms with E-state index in [2.05, 4.69) is 25.7 Å². The number of nitrogens with zero attached hydrogens (tertiary/aromatic N) is 2. The molecule has 0 amide bonds. The Morgan fingerprint density at radius 3 is 2.35 bits per heavy atom. The summed E-state index contributed by atoms with van der Waals surface area (Å²) < 4.78 is 6.15. The van der Waals surface area contributed by atoms with E-state index >= 15 is 0 Å². The first kappa shape index (κ1) is 15.9. The Morgan fingerprint density at radius 2 is 1.75 bits per heavy atom. The molecule has 1 saturated heterocycles. The Morgan fingerprint density at radius 1 is 1.15 bits per heavy atom. The zero-order chi connectivity index (χ0) is 14.4. The topological polar surface area (TPSA) is 35.9 Å². The molecule has 0 bridgehead atoms. The molecule has 1 aromatic rings. The van der Waals surface area contributed by atoms with E-state index in [1.807, 2.05) is 24.3 Å². The van der Waals surface area contributed by atoms with Gasteiger partial charge in [0.2, 0.25) is 0 Å². The number of ether oxygens (including phenoxy) is 1. The number of aliphatic hydroxyl groups is 1. The van der Waals surface area contributed by atoms with Crippen LogP contribution in [0.1, 0.15) is 11.7 Å². The molecule has 0 radical (unpaired) electrons. The molecule has 1 atom stereocenters. The minimum Gasteiger partial charge on any atom is -0.387 e. The van der Waals surface area contributed by atoms with Crippen molar-refractivity contribution in [2.75, 3.05) is 53.0 Å². The third-order valence-corrected chi connectivity index (χ3v) is 4.29. The van der Waals surface area contributed by atoms with Crippen LogP contribution >= 0.6 is 15.9 Å². The van der Waals surface area contributed by atoms with Crippen LogP contribution in [0.25, 0.3) is 0 Å². The second-order valence-electron chi connectivity index (χ2n) is 5.20. The molecule has 0 saturated carbocycles. The molecule has 2 rings (SSSR count). The van der Waals surface area contributed by atoms with E-state index in [1.165, 1.54) is 0 Å². The van der Waals surface area contributed by atoms with Crippen molar-refractivity contribution in [3.63, 3.8) is 0 Å². The molecule has 112 valence electrons. The number of hydrogen-bond acceptors (Lipinski definition) is 4. The first-order valence-electron chi connectivity index (χ1n) is 7.06. The van der Waals surface area contributed by atoms with Gasteiger partial charge in [-0.05, 0) is 17.7 Å². The second-order valence-corrected chi connectivity index (χ2v) is 6.12. The summed E-state index contributed by atoms with van der Waals surface area (Å²) in [6.07, 6.45) is -0.409. The maximum atomic E-state index is 10.3. The van der Waals surface area contributed by atoms with Crippen LogP contribution in [-0.2, 0) is 4.74 Å². The van der Waals surface area contributed by atoms with Crippen molar-refractivity contribution in [1.29, 1.82) is 0 Å². The summed E-state index contributed by atoms with van der Waals surface area (Å²) >= 11 is 3.41. The third-order valence-electron chi connectivity index (χ3n) is 3.76. The first-order valence-corrected chi connectivity index (χ1v) is 7.85. The monoisotopic (exact) mass is 342 g/mol. The van der Waals surface area contributed by atoms with Gasteiger partial charge in [0.15, 0.2) is 0 Å². The third kappa shape index (κ3) is 4.82. The SMILES string of the molecule is COCCN1CCN(C[C@H](O)c2ccc(Br)cc2)CC1. The van der Waals surface area contributed by atoms with Gasteiger partial charge in [0.05, 0.1) is 12.7 Å². The Bertz CT molecular complexity index is 391. The molecule has 1 N–H and O–H groups in total. The number of rotatable bonds is 6. The smallest absolute Gasteiger partial charge is 0.0916 e. The van der Waals surface area contributed by atoms with E-state index in [-0.39, 0.29) is 0 Å². The van der Waals surface area contributed by atoms with Gasteiger partial charge in [-0.2, -0.15) is 0 Å². The van der Waals surface area contributed by atoms with E-state index in [0.717, 1.165) is 49.4 Å². The quantitative estimate of drug-likeness (QED) is 0.854. The van der Waals surface area contributed by atoms with Crippen molar-refractivity contribution in [2.24, 2.45) is 0 Å². The van der Waals surface area contributed by atoms with Gasteiger partial charge in [0.1, 0.15) is 0 Å². The molecule has 1 fully saturated rings. The molecular weight excluding hydrogens is 320 g/mol. The fourth-order valence-corrected chi connectivity index (χ4v) is 2.72. The van der Waals surface area contributed by atoms with Gasteiger partial charge in [0, 0.05) is 50.9 Å². The molecule has 5 heteroatoms. The van der Waals surface area contributed by atoms with E-state index in [0.29, 0.717) is 6.54 Å². The number of hydrogen-bond donors (Lipinski definition) is 1. The van der Waals surface area contributed by atoms with E-state index in [1.54, 1.807) is 7.11 Å². The van der Waals surface area contributed by atoms with E-state index in [9.17, 15) is 5.11 Å². The average Bonchev–Trinajstić information content (AvgIpc) is 2.47. The fourth-order valence-electron chi connectivity index (χ4n) is 2.45. The van der Waals surface area contributed by atoms with Crippen LogP contribution in [-0.4, -0.2) is 67.9 Å². The van der Waals surface area contributed by atoms with Gasteiger partial charge in [-0.25, -0.2) is 0 Å². The molecule has 0 aliphatic carbocycles. The molecule has 4 nitrogen and oxygen atoms in total. The van der Waals surface area contributed by atoms with Gasteiger partial charge < -0.3 is 9.84 Å². The summed E-state index contributed by atoms with van der Waals surface area (Å²) in [4.78, 5) is 4.74. The number of halogens is 1. The normalized spacial score (nSPS) is 19.1. The number of piperazine rings is 1. The molecule has 1 aliphatic heterocycles. The molecule has 20 heavy (non-hydrogen) atoms. The summed E-state index contributed by atoms with van der Waals surface area (Å²) in [5.74, 6) is 0. The summed E-state index contributed by atoms with van der Waals surface area (Å²) in [6, 6.07) is 7.90. The fraction of sp³-hybridized carbons (Fsp3) is 0.600. The second kappa shape index (κ2) is 8.10. The summed E-state index contributed by atoms with van der Waals surface area (Å²) in [5, 5.41) is 10.3. The molecule has 0 unspecified atom stereocenters. The van der Waals surface area contributed by atoms with Crippen LogP contribution in [0.2, 0.25) is 0 Å². The standard InChI is InChI=1S/C15H23BrN2O2/c1-20-11-10-17-6-8-18(9-7-17)12-15(19)13-2-4-14(16)5-3-13/h2-5,15,19H,6-12H2,1H3/t15-/m0/s1. The Kier molecular flexibility index (Phi) is 6.45. The number of benzene rings is 1. The van der Waals surface area contributed by atoms with Gasteiger partial charge in [-0.3, -0.25) is 9.80 Å².